The van der Waals surface area contributed by atoms with Gasteiger partial charge in [-0.15, -0.1) is 10.2 Å². The molecule has 1 aromatic rings. The van der Waals surface area contributed by atoms with Gasteiger partial charge in [0.15, 0.2) is 0 Å². The van der Waals surface area contributed by atoms with Crippen molar-refractivity contribution in [3.05, 3.63) is 10.0 Å². The lowest BCUT2D eigenvalue weighted by Gasteiger charge is -2.00. The van der Waals surface area contributed by atoms with Crippen LogP contribution in [0.25, 0.3) is 0 Å². The number of nitrogens with zero attached hydrogens (tertiary/aromatic N) is 2. The highest BCUT2D eigenvalue weighted by Gasteiger charge is 2.48. The molecule has 7 heteroatoms. The maximum absolute atomic E-state index is 11.6. The lowest BCUT2D eigenvalue weighted by atomic mass is 10.2. The van der Waals surface area contributed by atoms with Gasteiger partial charge in [0.1, 0.15) is 10.0 Å². The molecule has 0 spiro atoms. The van der Waals surface area contributed by atoms with Crippen molar-refractivity contribution in [3.8, 4) is 0 Å². The van der Waals surface area contributed by atoms with Gasteiger partial charge in [0.2, 0.25) is 5.91 Å². The molecule has 0 radical (unpaired) electrons. The largest absolute Gasteiger partial charge is 0.481 e. The van der Waals surface area contributed by atoms with E-state index in [0.29, 0.717) is 18.9 Å². The minimum Gasteiger partial charge on any atom is -0.481 e. The van der Waals surface area contributed by atoms with Crippen LogP contribution in [0.2, 0.25) is 0 Å². The molecule has 18 heavy (non-hydrogen) atoms. The zero-order valence-corrected chi connectivity index (χ0v) is 11.0. The third-order valence-electron chi connectivity index (χ3n) is 2.83. The number of nitrogens with one attached hydrogen (secondary N) is 1. The summed E-state index contributed by atoms with van der Waals surface area (Å²) in [4.78, 5) is 22.2. The first-order valence-electron chi connectivity index (χ1n) is 5.81. The van der Waals surface area contributed by atoms with E-state index in [4.69, 9.17) is 5.11 Å². The second-order valence-corrected chi connectivity index (χ2v) is 5.79. The standard InChI is InChI=1S/C11H15N3O3S/c1-5(2)10-14-13-8(18-10)4-12-9(15)6-3-7(6)11(16)17/h5-7H,3-4H2,1-2H3,(H,12,15)(H,16,17). The normalized spacial score (nSPS) is 21.9. The van der Waals surface area contributed by atoms with Crippen LogP contribution in [0.3, 0.4) is 0 Å². The first-order valence-corrected chi connectivity index (χ1v) is 6.63. The number of hydrogen-bond donors (Lipinski definition) is 2. The summed E-state index contributed by atoms with van der Waals surface area (Å²) in [5.41, 5.74) is 0. The molecule has 1 aliphatic rings. The molecule has 1 aliphatic carbocycles. The van der Waals surface area contributed by atoms with E-state index in [1.165, 1.54) is 11.3 Å². The average Bonchev–Trinajstić information content (AvgIpc) is 2.97. The van der Waals surface area contributed by atoms with Crippen LogP contribution in [0.5, 0.6) is 0 Å². The van der Waals surface area contributed by atoms with Gasteiger partial charge in [-0.2, -0.15) is 0 Å². The quantitative estimate of drug-likeness (QED) is 0.832. The molecule has 0 aliphatic heterocycles. The maximum Gasteiger partial charge on any atom is 0.307 e. The highest BCUT2D eigenvalue weighted by atomic mass is 32.1. The Balaban J connectivity index is 1.81. The Morgan fingerprint density at radius 2 is 2.17 bits per heavy atom. The molecule has 1 aromatic heterocycles. The van der Waals surface area contributed by atoms with Crippen molar-refractivity contribution in [1.29, 1.82) is 0 Å². The average molecular weight is 269 g/mol. The van der Waals surface area contributed by atoms with Crippen LogP contribution in [0, 0.1) is 11.8 Å². The Labute approximate surface area is 108 Å². The van der Waals surface area contributed by atoms with E-state index < -0.39 is 11.9 Å². The first-order chi connectivity index (χ1) is 8.49. The van der Waals surface area contributed by atoms with Crippen molar-refractivity contribution in [3.63, 3.8) is 0 Å². The summed E-state index contributed by atoms with van der Waals surface area (Å²) in [7, 11) is 0. The Bertz CT molecular complexity index is 472. The molecule has 0 saturated heterocycles. The summed E-state index contributed by atoms with van der Waals surface area (Å²) < 4.78 is 0. The molecule has 2 N–H and O–H groups in total. The van der Waals surface area contributed by atoms with Gasteiger partial charge in [0, 0.05) is 5.92 Å². The number of aromatic nitrogens is 2. The highest BCUT2D eigenvalue weighted by molar-refractivity contribution is 7.11. The predicted octanol–water partition coefficient (Wildman–Crippen LogP) is 0.998. The summed E-state index contributed by atoms with van der Waals surface area (Å²) in [6, 6.07) is 0. The summed E-state index contributed by atoms with van der Waals surface area (Å²) in [6.07, 6.45) is 0.439. The number of carbonyl (C=O) groups is 2. The van der Waals surface area contributed by atoms with Crippen molar-refractivity contribution < 1.29 is 14.7 Å². The Morgan fingerprint density at radius 3 is 2.67 bits per heavy atom. The van der Waals surface area contributed by atoms with Crippen LogP contribution in [0.4, 0.5) is 0 Å². The van der Waals surface area contributed by atoms with E-state index in [-0.39, 0.29) is 11.8 Å². The van der Waals surface area contributed by atoms with Crippen LogP contribution in [-0.2, 0) is 16.1 Å². The van der Waals surface area contributed by atoms with Gasteiger partial charge in [-0.1, -0.05) is 25.2 Å². The van der Waals surface area contributed by atoms with Gasteiger partial charge < -0.3 is 10.4 Å². The number of aliphatic carboxylic acids is 1. The van der Waals surface area contributed by atoms with E-state index >= 15 is 0 Å². The van der Waals surface area contributed by atoms with E-state index in [9.17, 15) is 9.59 Å². The first kappa shape index (κ1) is 12.9. The minimum atomic E-state index is -0.895. The third-order valence-corrected chi connectivity index (χ3v) is 4.06. The lowest BCUT2D eigenvalue weighted by molar-refractivity contribution is -0.140. The molecule has 2 atom stereocenters. The van der Waals surface area contributed by atoms with Crippen molar-refractivity contribution in [2.45, 2.75) is 32.7 Å². The van der Waals surface area contributed by atoms with Gasteiger partial charge in [-0.25, -0.2) is 0 Å². The number of carboxylic acids is 1. The van der Waals surface area contributed by atoms with E-state index in [1.54, 1.807) is 0 Å². The molecule has 0 aromatic carbocycles. The van der Waals surface area contributed by atoms with Crippen molar-refractivity contribution in [2.24, 2.45) is 11.8 Å². The molecule has 98 valence electrons. The zero-order chi connectivity index (χ0) is 13.3. The maximum atomic E-state index is 11.6. The summed E-state index contributed by atoms with van der Waals surface area (Å²) in [6.45, 7) is 4.39. The SMILES string of the molecule is CC(C)c1nnc(CNC(=O)C2CC2C(=O)O)s1. The minimum absolute atomic E-state index is 0.205. The van der Waals surface area contributed by atoms with Crippen LogP contribution < -0.4 is 5.32 Å². The van der Waals surface area contributed by atoms with E-state index in [1.807, 2.05) is 13.8 Å². The molecule has 1 saturated carbocycles. The Kier molecular flexibility index (Phi) is 3.60. The number of rotatable bonds is 5. The fraction of sp³-hybridized carbons (Fsp3) is 0.636. The fourth-order valence-corrected chi connectivity index (χ4v) is 2.41. The monoisotopic (exact) mass is 269 g/mol. The molecule has 1 fully saturated rings. The second kappa shape index (κ2) is 5.01. The summed E-state index contributed by atoms with van der Waals surface area (Å²) in [5, 5.41) is 21.1. The second-order valence-electron chi connectivity index (χ2n) is 4.69. The van der Waals surface area contributed by atoms with Crippen LogP contribution in [-0.4, -0.2) is 27.2 Å². The smallest absolute Gasteiger partial charge is 0.307 e. The van der Waals surface area contributed by atoms with Crippen molar-refractivity contribution >= 4 is 23.2 Å². The van der Waals surface area contributed by atoms with Crippen LogP contribution >= 0.6 is 11.3 Å². The Hall–Kier alpha value is -1.50. The predicted molar refractivity (Wildman–Crippen MR) is 65.1 cm³/mol. The summed E-state index contributed by atoms with van der Waals surface area (Å²) in [5.74, 6) is -1.66. The van der Waals surface area contributed by atoms with Gasteiger partial charge in [-0.05, 0) is 6.42 Å². The Morgan fingerprint density at radius 1 is 1.44 bits per heavy atom. The zero-order valence-electron chi connectivity index (χ0n) is 10.2. The van der Waals surface area contributed by atoms with E-state index in [0.717, 1.165) is 10.0 Å². The van der Waals surface area contributed by atoms with Crippen molar-refractivity contribution in [1.82, 2.24) is 15.5 Å². The molecule has 2 unspecified atom stereocenters. The van der Waals surface area contributed by atoms with Crippen LogP contribution in [0.15, 0.2) is 0 Å². The molecule has 6 nitrogen and oxygen atoms in total. The number of carbonyl (C=O) groups excluding carboxylic acids is 1. The molecular formula is C11H15N3O3S. The van der Waals surface area contributed by atoms with Gasteiger partial charge in [0.05, 0.1) is 18.4 Å². The van der Waals surface area contributed by atoms with Gasteiger partial charge in [0.25, 0.3) is 0 Å². The number of carboxylic acid groups (broad SMARTS) is 1. The molecule has 1 heterocycles. The molecule has 2 rings (SSSR count). The number of hydrogen-bond acceptors (Lipinski definition) is 5. The third kappa shape index (κ3) is 2.84. The molecule has 1 amide bonds. The highest BCUT2D eigenvalue weighted by Crippen LogP contribution is 2.38. The van der Waals surface area contributed by atoms with Gasteiger partial charge >= 0.3 is 5.97 Å². The fourth-order valence-electron chi connectivity index (χ4n) is 1.62. The lowest BCUT2D eigenvalue weighted by Crippen LogP contribution is -2.25. The number of amides is 1. The van der Waals surface area contributed by atoms with E-state index in [2.05, 4.69) is 15.5 Å². The molecular weight excluding hydrogens is 254 g/mol. The van der Waals surface area contributed by atoms with Gasteiger partial charge in [-0.3, -0.25) is 9.59 Å². The molecule has 0 bridgehead atoms. The van der Waals surface area contributed by atoms with Crippen LogP contribution in [0.1, 0.15) is 36.2 Å². The topological polar surface area (TPSA) is 92.2 Å². The van der Waals surface area contributed by atoms with Crippen molar-refractivity contribution in [2.75, 3.05) is 0 Å². The summed E-state index contributed by atoms with van der Waals surface area (Å²) >= 11 is 1.47.